The van der Waals surface area contributed by atoms with Crippen LogP contribution in [0.5, 0.6) is 11.5 Å². The number of methoxy groups -OCH3 is 2. The Morgan fingerprint density at radius 2 is 1.61 bits per heavy atom. The molecule has 2 aromatic carbocycles. The van der Waals surface area contributed by atoms with Crippen molar-refractivity contribution in [3.05, 3.63) is 60.2 Å². The van der Waals surface area contributed by atoms with Gasteiger partial charge in [-0.2, -0.15) is 0 Å². The van der Waals surface area contributed by atoms with E-state index in [4.69, 9.17) is 9.47 Å². The Balaban J connectivity index is 1.97. The third kappa shape index (κ3) is 3.12. The minimum Gasteiger partial charge on any atom is -0.497 e. The zero-order valence-corrected chi connectivity index (χ0v) is 13.7. The predicted octanol–water partition coefficient (Wildman–Crippen LogP) is 4.91. The van der Waals surface area contributed by atoms with E-state index in [2.05, 4.69) is 18.2 Å². The van der Waals surface area contributed by atoms with E-state index in [0.29, 0.717) is 11.3 Å². The minimum atomic E-state index is 0.557. The van der Waals surface area contributed by atoms with Gasteiger partial charge in [0, 0.05) is 9.75 Å². The zero-order valence-electron chi connectivity index (χ0n) is 12.9. The van der Waals surface area contributed by atoms with Crippen molar-refractivity contribution in [2.45, 2.75) is 0 Å². The van der Waals surface area contributed by atoms with Gasteiger partial charge in [0.25, 0.3) is 0 Å². The number of aldehydes is 1. The van der Waals surface area contributed by atoms with Crippen molar-refractivity contribution >= 4 is 17.6 Å². The van der Waals surface area contributed by atoms with E-state index in [-0.39, 0.29) is 0 Å². The van der Waals surface area contributed by atoms with E-state index in [9.17, 15) is 4.79 Å². The molecule has 0 N–H and O–H groups in total. The lowest BCUT2D eigenvalue weighted by molar-refractivity contribution is 0.112. The molecule has 0 unspecified atom stereocenters. The van der Waals surface area contributed by atoms with Crippen molar-refractivity contribution in [3.8, 4) is 32.4 Å². The van der Waals surface area contributed by atoms with Crippen LogP contribution in [0.4, 0.5) is 0 Å². The van der Waals surface area contributed by atoms with E-state index in [1.54, 1.807) is 25.6 Å². The van der Waals surface area contributed by atoms with Crippen molar-refractivity contribution in [2.24, 2.45) is 0 Å². The van der Waals surface area contributed by atoms with E-state index in [1.807, 2.05) is 36.4 Å². The molecule has 0 atom stereocenters. The van der Waals surface area contributed by atoms with Crippen LogP contribution in [0.15, 0.2) is 54.6 Å². The van der Waals surface area contributed by atoms with Crippen LogP contribution < -0.4 is 9.47 Å². The Morgan fingerprint density at radius 3 is 2.26 bits per heavy atom. The fraction of sp³-hybridized carbons (Fsp3) is 0.105. The molecule has 0 saturated carbocycles. The quantitative estimate of drug-likeness (QED) is 0.625. The molecule has 0 spiro atoms. The molecule has 3 nitrogen and oxygen atoms in total. The maximum Gasteiger partial charge on any atom is 0.153 e. The summed E-state index contributed by atoms with van der Waals surface area (Å²) in [6.45, 7) is 0. The highest BCUT2D eigenvalue weighted by molar-refractivity contribution is 7.18. The van der Waals surface area contributed by atoms with Crippen molar-refractivity contribution < 1.29 is 14.3 Å². The lowest BCUT2D eigenvalue weighted by atomic mass is 10.1. The SMILES string of the molecule is COc1cccc(-c2ccc(-c3ccc(OC)c(C=O)c3)s2)c1. The number of thiophene rings is 1. The highest BCUT2D eigenvalue weighted by atomic mass is 32.1. The molecule has 0 saturated heterocycles. The summed E-state index contributed by atoms with van der Waals surface area (Å²) in [4.78, 5) is 13.4. The van der Waals surface area contributed by atoms with Crippen LogP contribution in [0, 0.1) is 0 Å². The molecule has 1 aromatic heterocycles. The smallest absolute Gasteiger partial charge is 0.153 e. The summed E-state index contributed by atoms with van der Waals surface area (Å²) in [6, 6.07) is 17.8. The standard InChI is InChI=1S/C19H16O3S/c1-21-16-5-3-4-13(11-16)18-8-9-19(23-18)14-6-7-17(22-2)15(10-14)12-20/h3-12H,1-2H3. The molecule has 3 aromatic rings. The number of rotatable bonds is 5. The number of carbonyl (C=O) groups excluding carboxylic acids is 1. The summed E-state index contributed by atoms with van der Waals surface area (Å²) < 4.78 is 10.5. The Labute approximate surface area is 139 Å². The van der Waals surface area contributed by atoms with E-state index < -0.39 is 0 Å². The van der Waals surface area contributed by atoms with Crippen LogP contribution >= 0.6 is 11.3 Å². The van der Waals surface area contributed by atoms with Gasteiger partial charge >= 0.3 is 0 Å². The maximum absolute atomic E-state index is 11.2. The van der Waals surface area contributed by atoms with Crippen LogP contribution in [0.3, 0.4) is 0 Å². The molecule has 0 radical (unpaired) electrons. The number of carbonyl (C=O) groups is 1. The van der Waals surface area contributed by atoms with E-state index in [0.717, 1.165) is 32.9 Å². The van der Waals surface area contributed by atoms with Crippen LogP contribution in [-0.2, 0) is 0 Å². The average molecular weight is 324 g/mol. The first-order valence-corrected chi connectivity index (χ1v) is 7.94. The molecular weight excluding hydrogens is 308 g/mol. The second kappa shape index (κ2) is 6.67. The maximum atomic E-state index is 11.2. The molecule has 0 aliphatic rings. The lowest BCUT2D eigenvalue weighted by Crippen LogP contribution is -1.90. The van der Waals surface area contributed by atoms with Crippen LogP contribution in [0.25, 0.3) is 20.9 Å². The fourth-order valence-corrected chi connectivity index (χ4v) is 3.40. The largest absolute Gasteiger partial charge is 0.497 e. The molecule has 0 fully saturated rings. The van der Waals surface area contributed by atoms with Gasteiger partial charge in [0.2, 0.25) is 0 Å². The number of hydrogen-bond acceptors (Lipinski definition) is 4. The van der Waals surface area contributed by atoms with E-state index >= 15 is 0 Å². The lowest BCUT2D eigenvalue weighted by Gasteiger charge is -2.05. The van der Waals surface area contributed by atoms with Crippen molar-refractivity contribution in [1.82, 2.24) is 0 Å². The average Bonchev–Trinajstić information content (AvgIpc) is 3.11. The summed E-state index contributed by atoms with van der Waals surface area (Å²) in [5, 5.41) is 0. The molecule has 0 aliphatic heterocycles. The molecule has 23 heavy (non-hydrogen) atoms. The second-order valence-electron chi connectivity index (χ2n) is 4.97. The first kappa shape index (κ1) is 15.3. The van der Waals surface area contributed by atoms with Gasteiger partial charge in [-0.15, -0.1) is 11.3 Å². The summed E-state index contributed by atoms with van der Waals surface area (Å²) >= 11 is 1.68. The molecule has 3 rings (SSSR count). The Kier molecular flexibility index (Phi) is 4.44. The summed E-state index contributed by atoms with van der Waals surface area (Å²) in [7, 11) is 3.23. The fourth-order valence-electron chi connectivity index (χ4n) is 2.40. The van der Waals surface area contributed by atoms with Gasteiger partial charge in [0.15, 0.2) is 6.29 Å². The van der Waals surface area contributed by atoms with Gasteiger partial charge in [-0.25, -0.2) is 0 Å². The highest BCUT2D eigenvalue weighted by Crippen LogP contribution is 2.36. The van der Waals surface area contributed by atoms with Gasteiger partial charge in [-0.1, -0.05) is 12.1 Å². The normalized spacial score (nSPS) is 10.3. The topological polar surface area (TPSA) is 35.5 Å². The third-order valence-corrected chi connectivity index (χ3v) is 4.78. The third-order valence-electron chi connectivity index (χ3n) is 3.60. The van der Waals surface area contributed by atoms with Crippen LogP contribution in [0.2, 0.25) is 0 Å². The summed E-state index contributed by atoms with van der Waals surface area (Å²) in [6.07, 6.45) is 0.818. The van der Waals surface area contributed by atoms with Crippen molar-refractivity contribution in [1.29, 1.82) is 0 Å². The second-order valence-corrected chi connectivity index (χ2v) is 6.05. The number of benzene rings is 2. The van der Waals surface area contributed by atoms with Gasteiger partial charge in [0.05, 0.1) is 19.8 Å². The molecule has 0 bridgehead atoms. The summed E-state index contributed by atoms with van der Waals surface area (Å²) in [5.74, 6) is 1.43. The van der Waals surface area contributed by atoms with Gasteiger partial charge in [-0.05, 0) is 53.6 Å². The first-order chi connectivity index (χ1) is 11.2. The van der Waals surface area contributed by atoms with Gasteiger partial charge < -0.3 is 9.47 Å². The monoisotopic (exact) mass is 324 g/mol. The molecule has 4 heteroatoms. The van der Waals surface area contributed by atoms with Crippen LogP contribution in [-0.4, -0.2) is 20.5 Å². The molecule has 0 aliphatic carbocycles. The predicted molar refractivity (Wildman–Crippen MR) is 93.7 cm³/mol. The van der Waals surface area contributed by atoms with Gasteiger partial charge in [0.1, 0.15) is 11.5 Å². The number of ether oxygens (including phenoxy) is 2. The van der Waals surface area contributed by atoms with Crippen molar-refractivity contribution in [3.63, 3.8) is 0 Å². The molecule has 116 valence electrons. The molecule has 1 heterocycles. The zero-order chi connectivity index (χ0) is 16.2. The first-order valence-electron chi connectivity index (χ1n) is 7.13. The minimum absolute atomic E-state index is 0.557. The Hall–Kier alpha value is -2.59. The van der Waals surface area contributed by atoms with Crippen LogP contribution in [0.1, 0.15) is 10.4 Å². The van der Waals surface area contributed by atoms with E-state index in [1.165, 1.54) is 0 Å². The van der Waals surface area contributed by atoms with Gasteiger partial charge in [-0.3, -0.25) is 4.79 Å². The number of hydrogen-bond donors (Lipinski definition) is 0. The van der Waals surface area contributed by atoms with Crippen molar-refractivity contribution in [2.75, 3.05) is 14.2 Å². The summed E-state index contributed by atoms with van der Waals surface area (Å²) in [5.41, 5.74) is 2.68. The highest BCUT2D eigenvalue weighted by Gasteiger charge is 2.09. The Bertz CT molecular complexity index is 836. The molecular formula is C19H16O3S. The molecule has 0 amide bonds. The Morgan fingerprint density at radius 1 is 0.870 bits per heavy atom.